The van der Waals surface area contributed by atoms with Crippen molar-refractivity contribution < 1.29 is 22.2 Å². The van der Waals surface area contributed by atoms with Crippen LogP contribution in [0.4, 0.5) is 5.69 Å². The van der Waals surface area contributed by atoms with E-state index in [2.05, 4.69) is 56.5 Å². The number of para-hydroxylation sites is 1. The van der Waals surface area contributed by atoms with Gasteiger partial charge >= 0.3 is 17.1 Å². The molecule has 0 saturated carbocycles. The maximum absolute atomic E-state index is 8.68. The molecule has 1 N–H and O–H groups in total. The molecule has 0 spiro atoms. The van der Waals surface area contributed by atoms with Crippen molar-refractivity contribution in [2.24, 2.45) is 0 Å². The van der Waals surface area contributed by atoms with E-state index in [1.807, 2.05) is 19.0 Å². The molecule has 0 aliphatic carbocycles. The molecule has 0 saturated heterocycles. The van der Waals surface area contributed by atoms with Crippen LogP contribution in [0.5, 0.6) is 0 Å². The fourth-order valence-electron chi connectivity index (χ4n) is 2.59. The summed E-state index contributed by atoms with van der Waals surface area (Å²) in [5.41, 5.74) is 3.01. The third-order valence-electron chi connectivity index (χ3n) is 3.36. The second kappa shape index (κ2) is 8.79. The molecule has 1 aromatic carbocycles. The molecule has 1 unspecified atom stereocenters. The van der Waals surface area contributed by atoms with E-state index in [0.717, 1.165) is 13.1 Å². The number of rotatable bonds is 3. The van der Waals surface area contributed by atoms with Gasteiger partial charge in [-0.1, -0.05) is 39.0 Å². The molecule has 123 valence electrons. The van der Waals surface area contributed by atoms with Crippen LogP contribution < -0.4 is 4.90 Å². The predicted molar refractivity (Wildman–Crippen MR) is 87.0 cm³/mol. The number of benzene rings is 1. The van der Waals surface area contributed by atoms with Crippen LogP contribution in [0.2, 0.25) is 0 Å². The Morgan fingerprint density at radius 3 is 2.29 bits per heavy atom. The molecule has 2 rings (SSSR count). The Bertz CT molecular complexity index is 413. The second-order valence-electron chi connectivity index (χ2n) is 6.27. The van der Waals surface area contributed by atoms with Crippen LogP contribution in [0, 0.1) is 6.54 Å². The third kappa shape index (κ3) is 5.99. The normalized spacial score (nSPS) is 16.7. The molecule has 4 heteroatoms. The summed E-state index contributed by atoms with van der Waals surface area (Å²) in [4.78, 5) is 4.28. The summed E-state index contributed by atoms with van der Waals surface area (Å²) in [6.45, 7) is 12.6. The van der Waals surface area contributed by atoms with Gasteiger partial charge in [-0.15, -0.1) is 5.41 Å². The van der Waals surface area contributed by atoms with Crippen molar-refractivity contribution >= 4 is 5.69 Å². The second-order valence-corrected chi connectivity index (χ2v) is 6.27. The van der Waals surface area contributed by atoms with Crippen molar-refractivity contribution in [2.45, 2.75) is 39.2 Å². The van der Waals surface area contributed by atoms with Gasteiger partial charge in [0.05, 0.1) is 6.10 Å². The van der Waals surface area contributed by atoms with E-state index >= 15 is 0 Å². The van der Waals surface area contributed by atoms with Crippen LogP contribution in [0.1, 0.15) is 33.3 Å². The van der Waals surface area contributed by atoms with Gasteiger partial charge in [0.1, 0.15) is 0 Å². The number of hydrogen-bond acceptors (Lipinski definition) is 3. The first-order chi connectivity index (χ1) is 9.27. The molecule has 1 aromatic rings. The largest absolute Gasteiger partial charge is 2.00 e. The molecule has 0 amide bonds. The minimum absolute atomic E-state index is 0. The van der Waals surface area contributed by atoms with Gasteiger partial charge in [0, 0.05) is 12.2 Å². The monoisotopic (exact) mass is 340 g/mol. The molecule has 0 fully saturated rings. The zero-order chi connectivity index (χ0) is 15.3. The first-order valence-corrected chi connectivity index (χ1v) is 7.33. The van der Waals surface area contributed by atoms with Gasteiger partial charge in [-0.05, 0) is 39.2 Å². The van der Waals surface area contributed by atoms with Gasteiger partial charge in [-0.25, -0.2) is 6.54 Å². The average molecular weight is 341 g/mol. The molecule has 21 heavy (non-hydrogen) atoms. The number of aliphatic hydroxyl groups excluding tert-OH is 1. The average Bonchev–Trinajstić information content (AvgIpc) is 2.61. The zero-order valence-electron chi connectivity index (χ0n) is 14.0. The molecule has 3 nitrogen and oxygen atoms in total. The van der Waals surface area contributed by atoms with Crippen molar-refractivity contribution in [1.82, 2.24) is 4.90 Å². The zero-order valence-corrected chi connectivity index (χ0v) is 15.0. The number of anilines is 1. The van der Waals surface area contributed by atoms with Crippen molar-refractivity contribution in [3.05, 3.63) is 36.4 Å². The van der Waals surface area contributed by atoms with Crippen molar-refractivity contribution in [3.8, 4) is 0 Å². The van der Waals surface area contributed by atoms with E-state index in [0.29, 0.717) is 0 Å². The summed E-state index contributed by atoms with van der Waals surface area (Å²) in [6.07, 6.45) is -0.199. The van der Waals surface area contributed by atoms with Gasteiger partial charge in [-0.2, -0.15) is 0 Å². The first-order valence-electron chi connectivity index (χ1n) is 7.33. The van der Waals surface area contributed by atoms with Gasteiger partial charge in [-0.3, -0.25) is 0 Å². The minimum Gasteiger partial charge on any atom is -0.522 e. The minimum atomic E-state index is -0.199. The van der Waals surface area contributed by atoms with Crippen LogP contribution >= 0.6 is 0 Å². The fraction of sp³-hybridized carbons (Fsp3) is 0.588. The number of aliphatic hydroxyl groups is 1. The van der Waals surface area contributed by atoms with Crippen molar-refractivity contribution in [2.75, 3.05) is 32.1 Å². The Balaban J connectivity index is 0.000000436. The van der Waals surface area contributed by atoms with Gasteiger partial charge in [0.15, 0.2) is 0 Å². The molecule has 0 bridgehead atoms. The van der Waals surface area contributed by atoms with Gasteiger partial charge in [0.2, 0.25) is 0 Å². The molecule has 1 atom stereocenters. The first kappa shape index (κ1) is 20.5. The molecule has 1 heterocycles. The number of fused-ring (bicyclic) bond motifs is 1. The fourth-order valence-corrected chi connectivity index (χ4v) is 2.59. The third-order valence-corrected chi connectivity index (χ3v) is 3.36. The van der Waals surface area contributed by atoms with E-state index in [4.69, 9.17) is 5.11 Å². The Labute approximate surface area is 140 Å². The summed E-state index contributed by atoms with van der Waals surface area (Å²) >= 11 is 0. The summed E-state index contributed by atoms with van der Waals surface area (Å²) < 4.78 is 0. The van der Waals surface area contributed by atoms with E-state index in [1.54, 1.807) is 6.92 Å². The summed E-state index contributed by atoms with van der Waals surface area (Å²) in [5.74, 6) is 0. The number of nitrogens with zero attached hydrogens (tertiary/aromatic N) is 2. The Morgan fingerprint density at radius 2 is 1.86 bits per heavy atom. The Hall–Kier alpha value is -0.541. The molecule has 0 aromatic heterocycles. The topological polar surface area (TPSA) is 26.7 Å². The Morgan fingerprint density at radius 1 is 1.29 bits per heavy atom. The van der Waals surface area contributed by atoms with E-state index in [1.165, 1.54) is 11.3 Å². The standard InChI is InChI=1S/C12H16N.C5H13NO.Cu/c1-4-13-9-12(2,3)10-7-5-6-8-11(10)13;1-5(7)4-6(2)3;/h5-9H,4H2,1-3H3;5,7H,4H2,1-3H3;/q-1;;+2. The van der Waals surface area contributed by atoms with Crippen LogP contribution in [0.15, 0.2) is 24.3 Å². The van der Waals surface area contributed by atoms with E-state index in [-0.39, 0.29) is 28.6 Å². The molecule has 1 radical (unpaired) electrons. The quantitative estimate of drug-likeness (QED) is 0.677. The summed E-state index contributed by atoms with van der Waals surface area (Å²) in [6, 6.07) is 8.65. The maximum atomic E-state index is 8.68. The molecule has 1 aliphatic heterocycles. The van der Waals surface area contributed by atoms with Crippen LogP contribution in [-0.4, -0.2) is 43.3 Å². The SMILES string of the molecule is CC(O)CN(C)C.CCN1[CH-]C(C)(C)c2ccccc21.[Cu+2]. The smallest absolute Gasteiger partial charge is 0.522 e. The van der Waals surface area contributed by atoms with Crippen molar-refractivity contribution in [1.29, 1.82) is 0 Å². The summed E-state index contributed by atoms with van der Waals surface area (Å²) in [7, 11) is 3.87. The Kier molecular flexibility index (Phi) is 8.57. The van der Waals surface area contributed by atoms with Crippen LogP contribution in [-0.2, 0) is 22.5 Å². The van der Waals surface area contributed by atoms with E-state index in [9.17, 15) is 0 Å². The van der Waals surface area contributed by atoms with Crippen LogP contribution in [0.25, 0.3) is 0 Å². The van der Waals surface area contributed by atoms with Crippen LogP contribution in [0.3, 0.4) is 0 Å². The maximum Gasteiger partial charge on any atom is 2.00 e. The van der Waals surface area contributed by atoms with Gasteiger partial charge in [0.25, 0.3) is 0 Å². The predicted octanol–water partition coefficient (Wildman–Crippen LogP) is 2.89. The van der Waals surface area contributed by atoms with E-state index < -0.39 is 0 Å². The number of likely N-dealkylation sites (N-methyl/N-ethyl adjacent to an activating group) is 2. The molecular weight excluding hydrogens is 312 g/mol. The summed E-state index contributed by atoms with van der Waals surface area (Å²) in [5, 5.41) is 8.68. The molecular formula is C17H29CuN2O+. The molecule has 1 aliphatic rings. The van der Waals surface area contributed by atoms with Gasteiger partial charge < -0.3 is 14.9 Å². The number of hydrogen-bond donors (Lipinski definition) is 1. The van der Waals surface area contributed by atoms with Crippen molar-refractivity contribution in [3.63, 3.8) is 0 Å².